The molecule has 1 unspecified atom stereocenters. The Hall–Kier alpha value is -2.81. The van der Waals surface area contributed by atoms with Crippen LogP contribution in [-0.2, 0) is 4.79 Å². The number of amides is 2. The van der Waals surface area contributed by atoms with E-state index in [1.807, 2.05) is 35.2 Å². The fourth-order valence-electron chi connectivity index (χ4n) is 6.37. The molecule has 3 aliphatic rings. The van der Waals surface area contributed by atoms with Crippen LogP contribution in [0.25, 0.3) is 0 Å². The zero-order chi connectivity index (χ0) is 28.5. The molecule has 3 aliphatic heterocycles. The minimum Gasteiger partial charge on any atom is -0.370 e. The van der Waals surface area contributed by atoms with Gasteiger partial charge in [0.05, 0.1) is 5.56 Å². The Labute approximate surface area is 243 Å². The largest absolute Gasteiger partial charge is 0.370 e. The van der Waals surface area contributed by atoms with Gasteiger partial charge in [-0.15, -0.1) is 0 Å². The number of carbonyl (C=O) groups excluding carboxylic acids is 2. The van der Waals surface area contributed by atoms with E-state index >= 15 is 0 Å². The van der Waals surface area contributed by atoms with Crippen molar-refractivity contribution in [2.75, 3.05) is 34.8 Å². The summed E-state index contributed by atoms with van der Waals surface area (Å²) in [5.41, 5.74) is 0.654. The molecule has 2 aromatic heterocycles. The summed E-state index contributed by atoms with van der Waals surface area (Å²) in [7, 11) is 0. The third-order valence-corrected chi connectivity index (χ3v) is 9.18. The van der Waals surface area contributed by atoms with Crippen LogP contribution in [0.2, 0.25) is 0 Å². The molecule has 2 N–H and O–H groups in total. The Morgan fingerprint density at radius 2 is 1.93 bits per heavy atom. The molecule has 0 aliphatic carbocycles. The number of fused-ring (bicyclic) bond motifs is 6. The van der Waals surface area contributed by atoms with Gasteiger partial charge in [0.2, 0.25) is 5.91 Å². The smallest absolute Gasteiger partial charge is 0.265 e. The first-order valence-corrected chi connectivity index (χ1v) is 15.6. The summed E-state index contributed by atoms with van der Waals surface area (Å²) < 4.78 is 2.98. The molecule has 0 radical (unpaired) electrons. The molecule has 8 nitrogen and oxygen atoms in total. The van der Waals surface area contributed by atoms with E-state index in [-0.39, 0.29) is 28.7 Å². The first kappa shape index (κ1) is 28.7. The molecular formula is C31H44N6O2S. The minimum absolute atomic E-state index is 0.0472. The van der Waals surface area contributed by atoms with Crippen molar-refractivity contribution in [3.8, 4) is 0 Å². The van der Waals surface area contributed by atoms with Crippen LogP contribution in [0.1, 0.15) is 89.9 Å². The molecule has 2 aromatic rings. The highest BCUT2D eigenvalue weighted by Crippen LogP contribution is 2.41. The number of anilines is 3. The fourth-order valence-corrected chi connectivity index (χ4v) is 6.97. The summed E-state index contributed by atoms with van der Waals surface area (Å²) in [6.45, 7) is 13.6. The van der Waals surface area contributed by atoms with Crippen molar-refractivity contribution in [1.82, 2.24) is 14.7 Å². The average Bonchev–Trinajstić information content (AvgIpc) is 3.41. The lowest BCUT2D eigenvalue weighted by Crippen LogP contribution is -2.40. The van der Waals surface area contributed by atoms with Crippen molar-refractivity contribution in [3.63, 3.8) is 0 Å². The van der Waals surface area contributed by atoms with Crippen LogP contribution >= 0.6 is 11.9 Å². The highest BCUT2D eigenvalue weighted by Gasteiger charge is 2.41. The Morgan fingerprint density at radius 1 is 1.10 bits per heavy atom. The summed E-state index contributed by atoms with van der Waals surface area (Å²) in [4.78, 5) is 40.8. The number of hydrogen-bond donors (Lipinski definition) is 2. The van der Waals surface area contributed by atoms with Crippen LogP contribution < -0.4 is 19.8 Å². The van der Waals surface area contributed by atoms with Gasteiger partial charge in [-0.2, -0.15) is 0 Å². The Morgan fingerprint density at radius 3 is 2.73 bits per heavy atom. The number of nitrogens with one attached hydrogen (secondary N) is 2. The van der Waals surface area contributed by atoms with Crippen molar-refractivity contribution >= 4 is 41.2 Å². The molecule has 2 fully saturated rings. The molecule has 40 heavy (non-hydrogen) atoms. The van der Waals surface area contributed by atoms with Crippen LogP contribution in [0.15, 0.2) is 35.4 Å². The van der Waals surface area contributed by atoms with E-state index in [9.17, 15) is 9.59 Å². The van der Waals surface area contributed by atoms with Crippen LogP contribution in [0.5, 0.6) is 0 Å². The Kier molecular flexibility index (Phi) is 8.32. The molecule has 5 heterocycles. The Bertz CT molecular complexity index is 1240. The van der Waals surface area contributed by atoms with E-state index < -0.39 is 0 Å². The van der Waals surface area contributed by atoms with Crippen LogP contribution in [0.4, 0.5) is 17.5 Å². The van der Waals surface area contributed by atoms with Crippen LogP contribution in [0, 0.1) is 17.3 Å². The number of rotatable bonds is 4. The lowest BCUT2D eigenvalue weighted by molar-refractivity contribution is -0.120. The molecule has 2 atom stereocenters. The molecule has 2 amide bonds. The fraction of sp³-hybridized carbons (Fsp3) is 0.613. The van der Waals surface area contributed by atoms with E-state index in [0.717, 1.165) is 68.9 Å². The predicted octanol–water partition coefficient (Wildman–Crippen LogP) is 6.29. The van der Waals surface area contributed by atoms with Gasteiger partial charge in [-0.25, -0.2) is 9.97 Å². The van der Waals surface area contributed by atoms with Crippen molar-refractivity contribution in [3.05, 3.63) is 35.9 Å². The third kappa shape index (κ3) is 6.56. The molecule has 0 aromatic carbocycles. The molecular weight excluding hydrogens is 520 g/mol. The SMILES string of the molecule is CC(C)(C)CCCC1CCN(c2ccc3c(n2)N2C[C@@H](CCCNc4cccc(n4)SNC3=O)CC2(C)C)C1=O. The third-order valence-electron chi connectivity index (χ3n) is 8.46. The summed E-state index contributed by atoms with van der Waals surface area (Å²) in [6, 6.07) is 9.49. The predicted molar refractivity (Wildman–Crippen MR) is 163 cm³/mol. The topological polar surface area (TPSA) is 90.5 Å². The molecule has 0 spiro atoms. The van der Waals surface area contributed by atoms with E-state index in [1.54, 1.807) is 0 Å². The van der Waals surface area contributed by atoms with Gasteiger partial charge in [0.25, 0.3) is 5.91 Å². The van der Waals surface area contributed by atoms with Crippen LogP contribution in [0.3, 0.4) is 0 Å². The summed E-state index contributed by atoms with van der Waals surface area (Å²) in [6.07, 6.45) is 7.11. The van der Waals surface area contributed by atoms with Crippen molar-refractivity contribution in [1.29, 1.82) is 0 Å². The van der Waals surface area contributed by atoms with Gasteiger partial charge in [0, 0.05) is 43.0 Å². The zero-order valence-electron chi connectivity index (χ0n) is 24.6. The monoisotopic (exact) mass is 564 g/mol. The highest BCUT2D eigenvalue weighted by molar-refractivity contribution is 7.97. The molecule has 4 bridgehead atoms. The average molecular weight is 565 g/mol. The highest BCUT2D eigenvalue weighted by atomic mass is 32.2. The number of nitrogens with zero attached hydrogens (tertiary/aromatic N) is 4. The summed E-state index contributed by atoms with van der Waals surface area (Å²) in [5, 5.41) is 4.15. The van der Waals surface area contributed by atoms with Crippen molar-refractivity contribution in [2.24, 2.45) is 17.3 Å². The van der Waals surface area contributed by atoms with Gasteiger partial charge in [0.15, 0.2) is 0 Å². The van der Waals surface area contributed by atoms with E-state index in [1.165, 1.54) is 11.9 Å². The lowest BCUT2D eigenvalue weighted by Gasteiger charge is -2.34. The summed E-state index contributed by atoms with van der Waals surface area (Å²) in [5.74, 6) is 2.64. The normalized spacial score (nSPS) is 23.2. The van der Waals surface area contributed by atoms with Crippen molar-refractivity contribution < 1.29 is 9.59 Å². The number of hydrogen-bond acceptors (Lipinski definition) is 7. The molecule has 216 valence electrons. The molecule has 2 saturated heterocycles. The second kappa shape index (κ2) is 11.6. The lowest BCUT2D eigenvalue weighted by atomic mass is 9.87. The standard InChI is InChI=1S/C31H44N6O2S/c1-30(2,3)16-7-10-22-15-18-36(29(22)39)25-14-13-23-27(34-25)37-20-21(19-31(37,4)5)9-8-17-32-24-11-6-12-26(33-24)40-35-28(23)38/h6,11-14,21-22H,7-10,15-20H2,1-5H3,(H,32,33)(H,35,38)/t21-,22?/m0/s1. The Balaban J connectivity index is 1.42. The maximum Gasteiger partial charge on any atom is 0.265 e. The number of pyridine rings is 2. The maximum absolute atomic E-state index is 13.6. The van der Waals surface area contributed by atoms with Gasteiger partial charge >= 0.3 is 0 Å². The number of carbonyl (C=O) groups is 2. The maximum atomic E-state index is 13.6. The zero-order valence-corrected chi connectivity index (χ0v) is 25.4. The van der Waals surface area contributed by atoms with Gasteiger partial charge in [0.1, 0.15) is 22.5 Å². The van der Waals surface area contributed by atoms with E-state index in [4.69, 9.17) is 4.98 Å². The van der Waals surface area contributed by atoms with Gasteiger partial charge in [-0.3, -0.25) is 19.2 Å². The first-order valence-electron chi connectivity index (χ1n) is 14.8. The van der Waals surface area contributed by atoms with Crippen molar-refractivity contribution in [2.45, 2.75) is 90.1 Å². The van der Waals surface area contributed by atoms with Gasteiger partial charge < -0.3 is 10.2 Å². The van der Waals surface area contributed by atoms with E-state index in [0.29, 0.717) is 29.7 Å². The first-order chi connectivity index (χ1) is 19.0. The molecule has 9 heteroatoms. The minimum atomic E-state index is -0.207. The van der Waals surface area contributed by atoms with Crippen LogP contribution in [-0.4, -0.2) is 47.0 Å². The quantitative estimate of drug-likeness (QED) is 0.422. The summed E-state index contributed by atoms with van der Waals surface area (Å²) >= 11 is 1.21. The van der Waals surface area contributed by atoms with E-state index in [2.05, 4.69) is 54.5 Å². The van der Waals surface area contributed by atoms with Gasteiger partial charge in [-0.05, 0) is 88.0 Å². The second-order valence-corrected chi connectivity index (χ2v) is 14.3. The molecule has 5 rings (SSSR count). The second-order valence-electron chi connectivity index (χ2n) is 13.4. The molecule has 0 saturated carbocycles. The van der Waals surface area contributed by atoms with Gasteiger partial charge in [-0.1, -0.05) is 33.3 Å². The number of aromatic nitrogens is 2.